The highest BCUT2D eigenvalue weighted by Crippen LogP contribution is 2.29. The van der Waals surface area contributed by atoms with Crippen LogP contribution >= 0.6 is 34.8 Å². The van der Waals surface area contributed by atoms with Gasteiger partial charge in [-0.1, -0.05) is 23.2 Å². The number of hydrogen-bond donors (Lipinski definition) is 3. The largest absolute Gasteiger partial charge is 0.356 e. The number of halogens is 3. The molecule has 2 amide bonds. The van der Waals surface area contributed by atoms with E-state index in [1.165, 1.54) is 7.11 Å². The van der Waals surface area contributed by atoms with Gasteiger partial charge < -0.3 is 15.2 Å². The summed E-state index contributed by atoms with van der Waals surface area (Å²) < 4.78 is 0. The van der Waals surface area contributed by atoms with Crippen molar-refractivity contribution in [2.45, 2.75) is 25.8 Å². The number of nitrogens with zero attached hydrogens (tertiary/aromatic N) is 3. The van der Waals surface area contributed by atoms with Crippen molar-refractivity contribution in [3.8, 4) is 0 Å². The number of aromatic amines is 1. The Balaban J connectivity index is 1.62. The van der Waals surface area contributed by atoms with Crippen LogP contribution in [0.3, 0.4) is 0 Å². The Morgan fingerprint density at radius 1 is 1.17 bits per heavy atom. The minimum atomic E-state index is -0.517. The van der Waals surface area contributed by atoms with Crippen molar-refractivity contribution < 1.29 is 14.4 Å². The van der Waals surface area contributed by atoms with Gasteiger partial charge in [0.15, 0.2) is 0 Å². The van der Waals surface area contributed by atoms with Crippen LogP contribution in [0.15, 0.2) is 6.07 Å². The van der Waals surface area contributed by atoms with Crippen LogP contribution in [0.4, 0.5) is 5.82 Å². The minimum Gasteiger partial charge on any atom is -0.356 e. The second kappa shape index (κ2) is 9.17. The molecule has 3 rings (SSSR count). The fourth-order valence-electron chi connectivity index (χ4n) is 3.07. The van der Waals surface area contributed by atoms with Gasteiger partial charge in [-0.2, -0.15) is 0 Å². The molecule has 0 bridgehead atoms. The second-order valence-electron chi connectivity index (χ2n) is 6.50. The summed E-state index contributed by atoms with van der Waals surface area (Å²) in [5.74, 6) is -0.283. The molecule has 0 spiro atoms. The minimum absolute atomic E-state index is 0.0344. The summed E-state index contributed by atoms with van der Waals surface area (Å²) in [6.07, 6.45) is 1.36. The molecule has 0 atom stereocenters. The number of carbonyl (C=O) groups excluding carboxylic acids is 2. The van der Waals surface area contributed by atoms with Crippen LogP contribution in [0.25, 0.3) is 0 Å². The van der Waals surface area contributed by atoms with E-state index in [-0.39, 0.29) is 33.6 Å². The molecule has 1 aliphatic rings. The predicted molar refractivity (Wildman–Crippen MR) is 110 cm³/mol. The molecule has 3 heterocycles. The number of hydroxylamine groups is 1. The summed E-state index contributed by atoms with van der Waals surface area (Å²) in [4.78, 5) is 42.0. The molecule has 0 radical (unpaired) electrons. The quantitative estimate of drug-likeness (QED) is 0.466. The van der Waals surface area contributed by atoms with Crippen LogP contribution < -0.4 is 15.7 Å². The van der Waals surface area contributed by atoms with Gasteiger partial charge in [-0.3, -0.25) is 14.4 Å². The van der Waals surface area contributed by atoms with Crippen molar-refractivity contribution in [2.75, 3.05) is 25.1 Å². The molecule has 1 fully saturated rings. The molecule has 0 saturated carbocycles. The number of nitrogens with one attached hydrogen (secondary N) is 3. The summed E-state index contributed by atoms with van der Waals surface area (Å²) in [6, 6.07) is 1.51. The van der Waals surface area contributed by atoms with E-state index in [2.05, 4.69) is 30.6 Å². The Bertz CT molecular complexity index is 927. The highest BCUT2D eigenvalue weighted by Gasteiger charge is 2.25. The van der Waals surface area contributed by atoms with Crippen molar-refractivity contribution >= 4 is 52.4 Å². The van der Waals surface area contributed by atoms with Gasteiger partial charge in [0.05, 0.1) is 17.2 Å². The number of carbonyl (C=O) groups is 2. The van der Waals surface area contributed by atoms with Crippen molar-refractivity contribution in [2.24, 2.45) is 0 Å². The van der Waals surface area contributed by atoms with E-state index in [4.69, 9.17) is 34.8 Å². The van der Waals surface area contributed by atoms with E-state index in [0.717, 1.165) is 0 Å². The van der Waals surface area contributed by atoms with Crippen LogP contribution in [-0.4, -0.2) is 53.0 Å². The number of rotatable bonds is 5. The van der Waals surface area contributed by atoms with Gasteiger partial charge in [-0.15, -0.1) is 0 Å². The number of hydrogen-bond acceptors (Lipinski definition) is 6. The highest BCUT2D eigenvalue weighted by atomic mass is 35.5. The van der Waals surface area contributed by atoms with Crippen molar-refractivity contribution in [3.05, 3.63) is 38.5 Å². The van der Waals surface area contributed by atoms with Crippen LogP contribution in [0.1, 0.15) is 39.5 Å². The average molecular weight is 462 g/mol. The molecule has 3 N–H and O–H groups in total. The molecule has 2 aromatic heterocycles. The maximum absolute atomic E-state index is 12.5. The first-order valence-electron chi connectivity index (χ1n) is 8.77. The molecule has 2 aromatic rings. The smallest absolute Gasteiger partial charge is 0.293 e. The number of aromatic nitrogens is 3. The van der Waals surface area contributed by atoms with Crippen LogP contribution in [0, 0.1) is 6.92 Å². The Hall–Kier alpha value is -2.07. The van der Waals surface area contributed by atoms with E-state index in [1.54, 1.807) is 13.0 Å². The van der Waals surface area contributed by atoms with Gasteiger partial charge in [0, 0.05) is 30.9 Å². The fraction of sp³-hybridized carbons (Fsp3) is 0.412. The summed E-state index contributed by atoms with van der Waals surface area (Å²) >= 11 is 18.1. The van der Waals surface area contributed by atoms with E-state index >= 15 is 0 Å². The molecular weight excluding hydrogens is 443 g/mol. The summed E-state index contributed by atoms with van der Waals surface area (Å²) in [7, 11) is 1.33. The molecule has 29 heavy (non-hydrogen) atoms. The summed E-state index contributed by atoms with van der Waals surface area (Å²) in [5, 5.41) is 3.50. The molecular formula is C17H19Cl3N6O3. The van der Waals surface area contributed by atoms with Gasteiger partial charge >= 0.3 is 0 Å². The third-order valence-corrected chi connectivity index (χ3v) is 5.66. The molecule has 1 saturated heterocycles. The lowest BCUT2D eigenvalue weighted by atomic mass is 10.0. The SMILES string of the molecule is CONC(=O)c1cc(N2CCC(NC(=O)c3[nH]c(C)c(Cl)c3Cl)CC2)nc(Cl)n1. The topological polar surface area (TPSA) is 112 Å². The number of amides is 2. The number of anilines is 1. The first-order chi connectivity index (χ1) is 13.8. The maximum atomic E-state index is 12.5. The zero-order chi connectivity index (χ0) is 21.1. The number of piperidine rings is 1. The molecule has 12 heteroatoms. The van der Waals surface area contributed by atoms with Gasteiger partial charge in [-0.05, 0) is 31.4 Å². The van der Waals surface area contributed by atoms with Crippen molar-refractivity contribution in [3.63, 3.8) is 0 Å². The van der Waals surface area contributed by atoms with Gasteiger partial charge in [0.25, 0.3) is 11.8 Å². The van der Waals surface area contributed by atoms with Gasteiger partial charge in [0.1, 0.15) is 17.2 Å². The summed E-state index contributed by atoms with van der Waals surface area (Å²) in [5.41, 5.74) is 3.20. The Labute approximate surface area is 182 Å². The monoisotopic (exact) mass is 460 g/mol. The van der Waals surface area contributed by atoms with Crippen molar-refractivity contribution in [1.82, 2.24) is 25.7 Å². The first kappa shape index (κ1) is 21.6. The van der Waals surface area contributed by atoms with Crippen LogP contribution in [-0.2, 0) is 4.84 Å². The van der Waals surface area contributed by atoms with Gasteiger partial charge in [0.2, 0.25) is 5.28 Å². The molecule has 0 unspecified atom stereocenters. The van der Waals surface area contributed by atoms with Crippen LogP contribution in [0.5, 0.6) is 0 Å². The molecule has 0 aromatic carbocycles. The number of aryl methyl sites for hydroxylation is 1. The third-order valence-electron chi connectivity index (χ3n) is 4.55. The standard InChI is InChI=1S/C17H19Cl3N6O3/c1-8-12(18)13(19)14(21-8)16(28)22-9-3-5-26(6-4-9)11-7-10(15(27)25-29-2)23-17(20)24-11/h7,9,21H,3-6H2,1-2H3,(H,22,28)(H,25,27). The molecule has 1 aliphatic heterocycles. The Kier molecular flexibility index (Phi) is 6.84. The Morgan fingerprint density at radius 3 is 2.45 bits per heavy atom. The van der Waals surface area contributed by atoms with E-state index < -0.39 is 5.91 Å². The first-order valence-corrected chi connectivity index (χ1v) is 9.90. The highest BCUT2D eigenvalue weighted by molar-refractivity contribution is 6.44. The van der Waals surface area contributed by atoms with Crippen LogP contribution in [0.2, 0.25) is 15.3 Å². The third kappa shape index (κ3) is 4.92. The molecule has 9 nitrogen and oxygen atoms in total. The lowest BCUT2D eigenvalue weighted by molar-refractivity contribution is 0.0532. The molecule has 156 valence electrons. The zero-order valence-corrected chi connectivity index (χ0v) is 18.0. The maximum Gasteiger partial charge on any atom is 0.293 e. The van der Waals surface area contributed by atoms with Crippen molar-refractivity contribution in [1.29, 1.82) is 0 Å². The lowest BCUT2D eigenvalue weighted by Gasteiger charge is -2.33. The zero-order valence-electron chi connectivity index (χ0n) is 15.7. The Morgan fingerprint density at radius 2 is 1.86 bits per heavy atom. The summed E-state index contributed by atoms with van der Waals surface area (Å²) in [6.45, 7) is 2.97. The fourth-order valence-corrected chi connectivity index (χ4v) is 3.66. The number of H-pyrrole nitrogens is 1. The van der Waals surface area contributed by atoms with E-state index in [0.29, 0.717) is 42.5 Å². The molecule has 0 aliphatic carbocycles. The average Bonchev–Trinajstić information content (AvgIpc) is 2.95. The van der Waals surface area contributed by atoms with E-state index in [9.17, 15) is 9.59 Å². The normalized spacial score (nSPS) is 14.7. The predicted octanol–water partition coefficient (Wildman–Crippen LogP) is 2.76. The van der Waals surface area contributed by atoms with E-state index in [1.807, 2.05) is 4.90 Å². The second-order valence-corrected chi connectivity index (χ2v) is 7.60. The lowest BCUT2D eigenvalue weighted by Crippen LogP contribution is -2.45. The van der Waals surface area contributed by atoms with Gasteiger partial charge in [-0.25, -0.2) is 15.4 Å².